The van der Waals surface area contributed by atoms with Crippen molar-refractivity contribution in [2.24, 2.45) is 0 Å². The highest BCUT2D eigenvalue weighted by Gasteiger charge is 2.18. The Kier molecular flexibility index (Phi) is 6.55. The third-order valence-electron chi connectivity index (χ3n) is 10.7. The van der Waals surface area contributed by atoms with E-state index < -0.39 is 0 Å². The maximum Gasteiger partial charge on any atom is 0.143 e. The van der Waals surface area contributed by atoms with E-state index in [0.29, 0.717) is 0 Å². The summed E-state index contributed by atoms with van der Waals surface area (Å²) >= 11 is 0. The van der Waals surface area contributed by atoms with Crippen LogP contribution in [0.25, 0.3) is 87.7 Å². The van der Waals surface area contributed by atoms with Crippen LogP contribution >= 0.6 is 0 Å². The standard InChI is InChI=1S/C50H31NO2/c1-2-11-38-32(9-1)10-7-14-39(38)33-19-23-35(24-20-33)51(37-27-28-44-42-12-3-5-17-47(42)52-49(44)31-37)36-25-21-34(22-26-36)40-15-8-16-45-41(40)29-30-46-43-13-4-6-18-48(43)53-50(45)46/h1-31H. The largest absolute Gasteiger partial charge is 0.456 e. The van der Waals surface area contributed by atoms with Crippen LogP contribution in [0.1, 0.15) is 0 Å². The first-order valence-electron chi connectivity index (χ1n) is 18.0. The molecule has 2 heterocycles. The third kappa shape index (κ3) is 4.75. The maximum absolute atomic E-state index is 6.40. The zero-order chi connectivity index (χ0) is 34.9. The quantitative estimate of drug-likeness (QED) is 0.182. The summed E-state index contributed by atoms with van der Waals surface area (Å²) in [6, 6.07) is 66.8. The van der Waals surface area contributed by atoms with Gasteiger partial charge in [0.1, 0.15) is 22.3 Å². The van der Waals surface area contributed by atoms with Crippen molar-refractivity contribution >= 4 is 82.5 Å². The molecule has 0 N–H and O–H groups in total. The molecule has 3 nitrogen and oxygen atoms in total. The molecule has 11 aromatic rings. The Morgan fingerprint density at radius 1 is 0.302 bits per heavy atom. The molecule has 0 saturated heterocycles. The van der Waals surface area contributed by atoms with E-state index in [2.05, 4.69) is 169 Å². The molecule has 0 saturated carbocycles. The predicted molar refractivity (Wildman–Crippen MR) is 222 cm³/mol. The third-order valence-corrected chi connectivity index (χ3v) is 10.7. The summed E-state index contributed by atoms with van der Waals surface area (Å²) in [5.41, 5.74) is 11.5. The minimum absolute atomic E-state index is 0.866. The van der Waals surface area contributed by atoms with Gasteiger partial charge in [-0.05, 0) is 93.0 Å². The van der Waals surface area contributed by atoms with Crippen LogP contribution in [0.2, 0.25) is 0 Å². The van der Waals surface area contributed by atoms with E-state index in [4.69, 9.17) is 8.83 Å². The van der Waals surface area contributed by atoms with Crippen LogP contribution in [0.3, 0.4) is 0 Å². The first kappa shape index (κ1) is 29.6. The number of para-hydroxylation sites is 2. The fourth-order valence-electron chi connectivity index (χ4n) is 8.15. The predicted octanol–water partition coefficient (Wildman–Crippen LogP) is 14.6. The van der Waals surface area contributed by atoms with Crippen molar-refractivity contribution in [2.45, 2.75) is 0 Å². The van der Waals surface area contributed by atoms with E-state index in [1.807, 2.05) is 24.3 Å². The molecule has 53 heavy (non-hydrogen) atoms. The highest BCUT2D eigenvalue weighted by Crippen LogP contribution is 2.42. The lowest BCUT2D eigenvalue weighted by Gasteiger charge is -2.26. The number of fused-ring (bicyclic) bond motifs is 9. The van der Waals surface area contributed by atoms with Crippen LogP contribution in [0.5, 0.6) is 0 Å². The second-order valence-electron chi connectivity index (χ2n) is 13.7. The van der Waals surface area contributed by atoms with Crippen molar-refractivity contribution in [1.29, 1.82) is 0 Å². The molecular formula is C50H31NO2. The molecule has 0 atom stereocenters. The van der Waals surface area contributed by atoms with E-state index in [0.717, 1.165) is 71.9 Å². The number of hydrogen-bond donors (Lipinski definition) is 0. The summed E-state index contributed by atoms with van der Waals surface area (Å²) in [5.74, 6) is 0. The molecule has 0 radical (unpaired) electrons. The molecule has 248 valence electrons. The Morgan fingerprint density at radius 3 is 1.51 bits per heavy atom. The average Bonchev–Trinajstić information content (AvgIpc) is 3.80. The van der Waals surface area contributed by atoms with Gasteiger partial charge in [-0.1, -0.05) is 127 Å². The van der Waals surface area contributed by atoms with Crippen molar-refractivity contribution in [2.75, 3.05) is 4.90 Å². The number of nitrogens with zero attached hydrogens (tertiary/aromatic N) is 1. The van der Waals surface area contributed by atoms with Crippen LogP contribution in [0.15, 0.2) is 197 Å². The lowest BCUT2D eigenvalue weighted by Crippen LogP contribution is -2.09. The van der Waals surface area contributed by atoms with E-state index in [-0.39, 0.29) is 0 Å². The fraction of sp³-hybridized carbons (Fsp3) is 0. The highest BCUT2D eigenvalue weighted by molar-refractivity contribution is 6.17. The molecule has 0 unspecified atom stereocenters. The van der Waals surface area contributed by atoms with Crippen molar-refractivity contribution < 1.29 is 8.83 Å². The lowest BCUT2D eigenvalue weighted by atomic mass is 9.96. The van der Waals surface area contributed by atoms with Crippen LogP contribution in [-0.4, -0.2) is 0 Å². The Hall–Kier alpha value is -7.10. The minimum Gasteiger partial charge on any atom is -0.456 e. The first-order valence-corrected chi connectivity index (χ1v) is 18.0. The van der Waals surface area contributed by atoms with Gasteiger partial charge in [0, 0.05) is 50.1 Å². The molecule has 11 rings (SSSR count). The van der Waals surface area contributed by atoms with Crippen LogP contribution in [0, 0.1) is 0 Å². The number of anilines is 3. The van der Waals surface area contributed by atoms with Gasteiger partial charge >= 0.3 is 0 Å². The number of hydrogen-bond acceptors (Lipinski definition) is 3. The summed E-state index contributed by atoms with van der Waals surface area (Å²) in [6.45, 7) is 0. The Bertz CT molecular complexity index is 3160. The number of furan rings is 2. The van der Waals surface area contributed by atoms with Gasteiger partial charge in [-0.15, -0.1) is 0 Å². The SMILES string of the molecule is c1ccc2c(-c3ccc(N(c4ccc(-c5cccc6c5ccc5c7ccccc7oc65)cc4)c4ccc5c(c4)oc4ccccc45)cc3)cccc2c1. The zero-order valence-electron chi connectivity index (χ0n) is 28.7. The summed E-state index contributed by atoms with van der Waals surface area (Å²) < 4.78 is 12.8. The van der Waals surface area contributed by atoms with Crippen molar-refractivity contribution in [3.63, 3.8) is 0 Å². The molecule has 0 aliphatic rings. The molecule has 0 aliphatic carbocycles. The summed E-state index contributed by atoms with van der Waals surface area (Å²) in [7, 11) is 0. The van der Waals surface area contributed by atoms with Crippen LogP contribution in [-0.2, 0) is 0 Å². The van der Waals surface area contributed by atoms with E-state index in [1.165, 1.54) is 32.8 Å². The molecule has 2 aromatic heterocycles. The average molecular weight is 678 g/mol. The van der Waals surface area contributed by atoms with E-state index in [9.17, 15) is 0 Å². The Balaban J connectivity index is 1.03. The zero-order valence-corrected chi connectivity index (χ0v) is 28.7. The Morgan fingerprint density at radius 2 is 0.774 bits per heavy atom. The van der Waals surface area contributed by atoms with Gasteiger partial charge in [0.15, 0.2) is 0 Å². The first-order chi connectivity index (χ1) is 26.3. The molecule has 9 aromatic carbocycles. The van der Waals surface area contributed by atoms with Gasteiger partial charge in [0.2, 0.25) is 0 Å². The molecule has 0 aliphatic heterocycles. The topological polar surface area (TPSA) is 29.5 Å². The monoisotopic (exact) mass is 677 g/mol. The van der Waals surface area contributed by atoms with E-state index in [1.54, 1.807) is 0 Å². The summed E-state index contributed by atoms with van der Waals surface area (Å²) in [5, 5.41) is 9.30. The molecule has 0 fully saturated rings. The molecular weight excluding hydrogens is 647 g/mol. The Labute approximate surface area is 305 Å². The maximum atomic E-state index is 6.40. The van der Waals surface area contributed by atoms with Gasteiger partial charge < -0.3 is 13.7 Å². The minimum atomic E-state index is 0.866. The summed E-state index contributed by atoms with van der Waals surface area (Å²) in [6.07, 6.45) is 0. The normalized spacial score (nSPS) is 11.8. The summed E-state index contributed by atoms with van der Waals surface area (Å²) in [4.78, 5) is 2.31. The smallest absolute Gasteiger partial charge is 0.143 e. The molecule has 0 bridgehead atoms. The van der Waals surface area contributed by atoms with Crippen LogP contribution in [0.4, 0.5) is 17.1 Å². The van der Waals surface area contributed by atoms with Gasteiger partial charge in [0.25, 0.3) is 0 Å². The second-order valence-corrected chi connectivity index (χ2v) is 13.7. The van der Waals surface area contributed by atoms with Crippen LogP contribution < -0.4 is 4.90 Å². The molecule has 0 spiro atoms. The molecule has 0 amide bonds. The van der Waals surface area contributed by atoms with Gasteiger partial charge in [-0.25, -0.2) is 0 Å². The van der Waals surface area contributed by atoms with E-state index >= 15 is 0 Å². The molecule has 3 heteroatoms. The number of rotatable bonds is 5. The van der Waals surface area contributed by atoms with Crippen molar-refractivity contribution in [1.82, 2.24) is 0 Å². The second kappa shape index (κ2) is 11.7. The fourth-order valence-corrected chi connectivity index (χ4v) is 8.15. The van der Waals surface area contributed by atoms with Crippen molar-refractivity contribution in [3.05, 3.63) is 188 Å². The van der Waals surface area contributed by atoms with Crippen molar-refractivity contribution in [3.8, 4) is 22.3 Å². The lowest BCUT2D eigenvalue weighted by molar-refractivity contribution is 0.669. The number of benzene rings is 9. The van der Waals surface area contributed by atoms with Gasteiger partial charge in [0.05, 0.1) is 0 Å². The highest BCUT2D eigenvalue weighted by atomic mass is 16.3. The van der Waals surface area contributed by atoms with Gasteiger partial charge in [-0.2, -0.15) is 0 Å². The van der Waals surface area contributed by atoms with Gasteiger partial charge in [-0.3, -0.25) is 0 Å².